The topological polar surface area (TPSA) is 30.5 Å². The molecule has 0 bridgehead atoms. The van der Waals surface area contributed by atoms with Crippen molar-refractivity contribution in [1.29, 1.82) is 0 Å². The first-order valence-electron chi connectivity index (χ1n) is 8.70. The first-order chi connectivity index (χ1) is 12.5. The fraction of sp³-hybridized carbons (Fsp3) is 0.400. The van der Waals surface area contributed by atoms with E-state index in [1.54, 1.807) is 12.1 Å². The molecule has 0 spiro atoms. The predicted octanol–water partition coefficient (Wildman–Crippen LogP) is 6.11. The van der Waals surface area contributed by atoms with Gasteiger partial charge in [0.05, 0.1) is 16.1 Å². The van der Waals surface area contributed by atoms with Crippen LogP contribution in [0.3, 0.4) is 0 Å². The van der Waals surface area contributed by atoms with Gasteiger partial charge < -0.3 is 14.8 Å². The van der Waals surface area contributed by atoms with Crippen LogP contribution in [-0.2, 0) is 13.2 Å². The number of nitrogens with one attached hydrogen (secondary N) is 1. The van der Waals surface area contributed by atoms with Crippen LogP contribution < -0.4 is 14.8 Å². The van der Waals surface area contributed by atoms with Crippen molar-refractivity contribution in [2.24, 2.45) is 0 Å². The summed E-state index contributed by atoms with van der Waals surface area (Å²) >= 11 is 9.62. The average molecular weight is 445 g/mol. The predicted molar refractivity (Wildman–Crippen MR) is 108 cm³/mol. The lowest BCUT2D eigenvalue weighted by Crippen LogP contribution is -2.24. The maximum Gasteiger partial charge on any atom is 0.175 e. The fourth-order valence-electron chi connectivity index (χ4n) is 2.38. The molecule has 0 aliphatic rings. The number of benzene rings is 2. The van der Waals surface area contributed by atoms with Crippen LogP contribution in [0.5, 0.6) is 11.5 Å². The summed E-state index contributed by atoms with van der Waals surface area (Å²) in [5.41, 5.74) is 1.41. The van der Waals surface area contributed by atoms with Gasteiger partial charge in [-0.15, -0.1) is 0 Å². The highest BCUT2D eigenvalue weighted by Crippen LogP contribution is 2.38. The SMILES string of the molecule is CCOc1cc(CN[C@H](C)CC)cc(Br)c1OCc1c(F)cccc1Cl. The Morgan fingerprint density at radius 2 is 2.00 bits per heavy atom. The molecule has 1 N–H and O–H groups in total. The zero-order valence-electron chi connectivity index (χ0n) is 15.2. The third kappa shape index (κ3) is 5.60. The molecular weight excluding hydrogens is 421 g/mol. The Morgan fingerprint density at radius 3 is 2.65 bits per heavy atom. The molecule has 0 heterocycles. The number of rotatable bonds is 9. The van der Waals surface area contributed by atoms with Crippen LogP contribution >= 0.6 is 27.5 Å². The Hall–Kier alpha value is -1.30. The molecule has 0 saturated heterocycles. The maximum atomic E-state index is 14.0. The molecule has 6 heteroatoms. The number of hydrogen-bond acceptors (Lipinski definition) is 3. The van der Waals surface area contributed by atoms with Crippen molar-refractivity contribution in [1.82, 2.24) is 5.32 Å². The molecule has 0 aliphatic carbocycles. The van der Waals surface area contributed by atoms with Gasteiger partial charge in [-0.05, 0) is 66.0 Å². The Balaban J connectivity index is 2.21. The first-order valence-corrected chi connectivity index (χ1v) is 9.87. The monoisotopic (exact) mass is 443 g/mol. The minimum Gasteiger partial charge on any atom is -0.490 e. The highest BCUT2D eigenvalue weighted by atomic mass is 79.9. The van der Waals surface area contributed by atoms with Crippen LogP contribution in [0.15, 0.2) is 34.8 Å². The molecule has 26 heavy (non-hydrogen) atoms. The normalized spacial score (nSPS) is 12.1. The summed E-state index contributed by atoms with van der Waals surface area (Å²) < 4.78 is 26.3. The smallest absolute Gasteiger partial charge is 0.175 e. The number of ether oxygens (including phenoxy) is 2. The van der Waals surface area contributed by atoms with Crippen LogP contribution in [0.1, 0.15) is 38.3 Å². The standard InChI is InChI=1S/C20H24BrClFNO2/c1-4-13(3)24-11-14-9-16(21)20(19(10-14)25-5-2)26-12-15-17(22)7-6-8-18(15)23/h6-10,13,24H,4-5,11-12H2,1-3H3/t13-/m1/s1. The molecule has 142 valence electrons. The molecule has 2 aromatic carbocycles. The van der Waals surface area contributed by atoms with Crippen molar-refractivity contribution in [3.63, 3.8) is 0 Å². The van der Waals surface area contributed by atoms with Crippen LogP contribution in [0, 0.1) is 5.82 Å². The van der Waals surface area contributed by atoms with E-state index in [2.05, 4.69) is 35.1 Å². The van der Waals surface area contributed by atoms with Crippen molar-refractivity contribution in [3.05, 3.63) is 56.8 Å². The Labute approximate surface area is 168 Å². The first kappa shape index (κ1) is 21.0. The van der Waals surface area contributed by atoms with Gasteiger partial charge in [-0.3, -0.25) is 0 Å². The van der Waals surface area contributed by atoms with Gasteiger partial charge in [0.25, 0.3) is 0 Å². The largest absolute Gasteiger partial charge is 0.490 e. The Morgan fingerprint density at radius 1 is 1.23 bits per heavy atom. The summed E-state index contributed by atoms with van der Waals surface area (Å²) in [6.45, 7) is 7.46. The van der Waals surface area contributed by atoms with Gasteiger partial charge in [0.1, 0.15) is 12.4 Å². The summed E-state index contributed by atoms with van der Waals surface area (Å²) in [4.78, 5) is 0. The quantitative estimate of drug-likeness (QED) is 0.506. The van der Waals surface area contributed by atoms with Crippen molar-refractivity contribution in [3.8, 4) is 11.5 Å². The van der Waals surface area contributed by atoms with Crippen LogP contribution in [0.4, 0.5) is 4.39 Å². The molecule has 0 unspecified atom stereocenters. The van der Waals surface area contributed by atoms with Gasteiger partial charge in [-0.1, -0.05) is 24.6 Å². The fourth-order valence-corrected chi connectivity index (χ4v) is 3.20. The van der Waals surface area contributed by atoms with E-state index in [4.69, 9.17) is 21.1 Å². The summed E-state index contributed by atoms with van der Waals surface area (Å²) in [5.74, 6) is 0.773. The van der Waals surface area contributed by atoms with E-state index < -0.39 is 0 Å². The average Bonchev–Trinajstić information content (AvgIpc) is 2.61. The van der Waals surface area contributed by atoms with Crippen LogP contribution in [0.25, 0.3) is 0 Å². The van der Waals surface area contributed by atoms with Gasteiger partial charge >= 0.3 is 0 Å². The van der Waals surface area contributed by atoms with E-state index in [0.29, 0.717) is 34.7 Å². The van der Waals surface area contributed by atoms with E-state index in [1.165, 1.54) is 6.07 Å². The molecule has 2 aromatic rings. The minimum atomic E-state index is -0.388. The minimum absolute atomic E-state index is 0.0225. The molecule has 0 aliphatic heterocycles. The molecule has 1 atom stereocenters. The molecule has 3 nitrogen and oxygen atoms in total. The maximum absolute atomic E-state index is 14.0. The second kappa shape index (κ2) is 10.1. The van der Waals surface area contributed by atoms with Crippen LogP contribution in [-0.4, -0.2) is 12.6 Å². The summed E-state index contributed by atoms with van der Waals surface area (Å²) in [5, 5.41) is 3.79. The highest BCUT2D eigenvalue weighted by Gasteiger charge is 2.15. The van der Waals surface area contributed by atoms with Crippen LogP contribution in [0.2, 0.25) is 5.02 Å². The van der Waals surface area contributed by atoms with E-state index >= 15 is 0 Å². The van der Waals surface area contributed by atoms with Gasteiger partial charge in [-0.25, -0.2) is 4.39 Å². The molecule has 0 fully saturated rings. The van der Waals surface area contributed by atoms with Gasteiger partial charge in [-0.2, -0.15) is 0 Å². The Kier molecular flexibility index (Phi) is 8.19. The van der Waals surface area contributed by atoms with Gasteiger partial charge in [0.15, 0.2) is 11.5 Å². The highest BCUT2D eigenvalue weighted by molar-refractivity contribution is 9.10. The molecule has 0 saturated carbocycles. The Bertz CT molecular complexity index is 722. The lowest BCUT2D eigenvalue weighted by molar-refractivity contribution is 0.264. The summed E-state index contributed by atoms with van der Waals surface area (Å²) in [7, 11) is 0. The van der Waals surface area contributed by atoms with Crippen molar-refractivity contribution in [2.45, 2.75) is 46.4 Å². The molecule has 0 aromatic heterocycles. The van der Waals surface area contributed by atoms with Gasteiger partial charge in [0, 0.05) is 18.2 Å². The summed E-state index contributed by atoms with van der Waals surface area (Å²) in [6, 6.07) is 8.95. The van der Waals surface area contributed by atoms with E-state index in [9.17, 15) is 4.39 Å². The van der Waals surface area contributed by atoms with Gasteiger partial charge in [0.2, 0.25) is 0 Å². The molecular formula is C20H24BrClFNO2. The van der Waals surface area contributed by atoms with Crippen molar-refractivity contribution in [2.75, 3.05) is 6.61 Å². The zero-order chi connectivity index (χ0) is 19.1. The van der Waals surface area contributed by atoms with E-state index in [1.807, 2.05) is 19.1 Å². The van der Waals surface area contributed by atoms with Crippen molar-refractivity contribution >= 4 is 27.5 Å². The third-order valence-electron chi connectivity index (χ3n) is 4.06. The third-order valence-corrected chi connectivity index (χ3v) is 5.00. The number of halogens is 3. The summed E-state index contributed by atoms with van der Waals surface area (Å²) in [6.07, 6.45) is 1.06. The number of hydrogen-bond donors (Lipinski definition) is 1. The second-order valence-corrected chi connectivity index (χ2v) is 7.28. The second-order valence-electron chi connectivity index (χ2n) is 6.02. The lowest BCUT2D eigenvalue weighted by atomic mass is 10.1. The molecule has 0 radical (unpaired) electrons. The van der Waals surface area contributed by atoms with E-state index in [-0.39, 0.29) is 12.4 Å². The van der Waals surface area contributed by atoms with Crippen molar-refractivity contribution < 1.29 is 13.9 Å². The molecule has 2 rings (SSSR count). The van der Waals surface area contributed by atoms with E-state index in [0.717, 1.165) is 23.0 Å². The zero-order valence-corrected chi connectivity index (χ0v) is 17.6. The molecule has 0 amide bonds. The lowest BCUT2D eigenvalue weighted by Gasteiger charge is -2.17.